The quantitative estimate of drug-likeness (QED) is 0.840. The molecule has 0 fully saturated rings. The van der Waals surface area contributed by atoms with Gasteiger partial charge in [-0.15, -0.1) is 11.3 Å². The summed E-state index contributed by atoms with van der Waals surface area (Å²) < 4.78 is 0. The second-order valence-electron chi connectivity index (χ2n) is 3.74. The van der Waals surface area contributed by atoms with Crippen LogP contribution >= 0.6 is 11.3 Å². The van der Waals surface area contributed by atoms with E-state index in [0.29, 0.717) is 10.9 Å². The molecular formula is C11H17NO2S. The molecule has 84 valence electrons. The number of rotatable bonds is 5. The molecule has 1 N–H and O–H groups in total. The lowest BCUT2D eigenvalue weighted by Crippen LogP contribution is -2.27. The topological polar surface area (TPSA) is 40.5 Å². The largest absolute Gasteiger partial charge is 0.477 e. The summed E-state index contributed by atoms with van der Waals surface area (Å²) in [6.07, 6.45) is 1.10. The summed E-state index contributed by atoms with van der Waals surface area (Å²) in [5, 5.41) is 8.78. The monoisotopic (exact) mass is 227 g/mol. The van der Waals surface area contributed by atoms with Crippen molar-refractivity contribution in [1.82, 2.24) is 4.90 Å². The summed E-state index contributed by atoms with van der Waals surface area (Å²) in [4.78, 5) is 14.4. The number of aromatic carboxylic acids is 1. The van der Waals surface area contributed by atoms with E-state index in [9.17, 15) is 4.79 Å². The summed E-state index contributed by atoms with van der Waals surface area (Å²) in [6.45, 7) is 5.15. The molecule has 1 atom stereocenters. The van der Waals surface area contributed by atoms with Crippen LogP contribution in [0.25, 0.3) is 0 Å². The Morgan fingerprint density at radius 3 is 2.73 bits per heavy atom. The van der Waals surface area contributed by atoms with Gasteiger partial charge in [-0.3, -0.25) is 4.90 Å². The van der Waals surface area contributed by atoms with E-state index in [0.717, 1.165) is 17.8 Å². The molecule has 0 amide bonds. The minimum Gasteiger partial charge on any atom is -0.477 e. The van der Waals surface area contributed by atoms with E-state index in [1.54, 1.807) is 6.07 Å². The van der Waals surface area contributed by atoms with Gasteiger partial charge in [-0.05, 0) is 32.5 Å². The molecule has 0 aliphatic rings. The number of carboxylic acid groups (broad SMARTS) is 1. The van der Waals surface area contributed by atoms with Crippen LogP contribution in [0.4, 0.5) is 0 Å². The van der Waals surface area contributed by atoms with Crippen molar-refractivity contribution < 1.29 is 9.90 Å². The zero-order valence-corrected chi connectivity index (χ0v) is 10.2. The number of hydrogen-bond donors (Lipinski definition) is 1. The van der Waals surface area contributed by atoms with Crippen LogP contribution in [-0.2, 0) is 6.54 Å². The molecule has 0 aromatic carbocycles. The van der Waals surface area contributed by atoms with Crippen molar-refractivity contribution in [2.75, 3.05) is 7.05 Å². The number of carbonyl (C=O) groups is 1. The van der Waals surface area contributed by atoms with Crippen molar-refractivity contribution >= 4 is 17.3 Å². The highest BCUT2D eigenvalue weighted by Crippen LogP contribution is 2.18. The van der Waals surface area contributed by atoms with Gasteiger partial charge in [0.1, 0.15) is 4.88 Å². The van der Waals surface area contributed by atoms with Crippen LogP contribution in [0.3, 0.4) is 0 Å². The van der Waals surface area contributed by atoms with Gasteiger partial charge in [-0.2, -0.15) is 0 Å². The van der Waals surface area contributed by atoms with Crippen molar-refractivity contribution in [2.24, 2.45) is 0 Å². The molecule has 1 aromatic rings. The fraction of sp³-hybridized carbons (Fsp3) is 0.545. The Hall–Kier alpha value is -0.870. The first-order valence-corrected chi connectivity index (χ1v) is 5.88. The standard InChI is InChI=1S/C11H17NO2S/c1-4-8(2)12(3)7-9-5-6-10(15-9)11(13)14/h5-6,8H,4,7H2,1-3H3,(H,13,14). The number of hydrogen-bond acceptors (Lipinski definition) is 3. The van der Waals surface area contributed by atoms with Crippen LogP contribution in [-0.4, -0.2) is 29.1 Å². The highest BCUT2D eigenvalue weighted by atomic mass is 32.1. The van der Waals surface area contributed by atoms with Crippen LogP contribution in [0.5, 0.6) is 0 Å². The average molecular weight is 227 g/mol. The van der Waals surface area contributed by atoms with E-state index in [2.05, 4.69) is 25.8 Å². The first kappa shape index (κ1) is 12.2. The first-order valence-electron chi connectivity index (χ1n) is 5.06. The lowest BCUT2D eigenvalue weighted by molar-refractivity contribution is 0.0702. The van der Waals surface area contributed by atoms with Gasteiger partial charge in [0.15, 0.2) is 0 Å². The van der Waals surface area contributed by atoms with Crippen molar-refractivity contribution in [3.05, 3.63) is 21.9 Å². The zero-order valence-electron chi connectivity index (χ0n) is 9.36. The molecule has 0 aliphatic carbocycles. The van der Waals surface area contributed by atoms with Gasteiger partial charge in [0, 0.05) is 17.5 Å². The third-order valence-corrected chi connectivity index (χ3v) is 3.68. The van der Waals surface area contributed by atoms with Crippen LogP contribution in [0.1, 0.15) is 34.8 Å². The molecule has 1 rings (SSSR count). The van der Waals surface area contributed by atoms with Crippen molar-refractivity contribution in [1.29, 1.82) is 0 Å². The van der Waals surface area contributed by atoms with E-state index in [1.807, 2.05) is 6.07 Å². The Kier molecular flexibility index (Phi) is 4.29. The Balaban J connectivity index is 2.61. The minimum atomic E-state index is -0.836. The van der Waals surface area contributed by atoms with Gasteiger partial charge < -0.3 is 5.11 Å². The fourth-order valence-corrected chi connectivity index (χ4v) is 2.20. The van der Waals surface area contributed by atoms with Gasteiger partial charge in [0.25, 0.3) is 0 Å². The molecule has 3 nitrogen and oxygen atoms in total. The Labute approximate surface area is 94.3 Å². The second-order valence-corrected chi connectivity index (χ2v) is 4.91. The van der Waals surface area contributed by atoms with E-state index >= 15 is 0 Å². The molecule has 15 heavy (non-hydrogen) atoms. The molecule has 1 aromatic heterocycles. The smallest absolute Gasteiger partial charge is 0.345 e. The van der Waals surface area contributed by atoms with Crippen LogP contribution < -0.4 is 0 Å². The summed E-state index contributed by atoms with van der Waals surface area (Å²) in [7, 11) is 2.06. The predicted molar refractivity (Wildman–Crippen MR) is 62.5 cm³/mol. The molecule has 0 saturated heterocycles. The van der Waals surface area contributed by atoms with E-state index in [-0.39, 0.29) is 0 Å². The van der Waals surface area contributed by atoms with Gasteiger partial charge >= 0.3 is 5.97 Å². The van der Waals surface area contributed by atoms with Crippen molar-refractivity contribution in [3.63, 3.8) is 0 Å². The molecule has 0 bridgehead atoms. The minimum absolute atomic E-state index is 0.419. The summed E-state index contributed by atoms with van der Waals surface area (Å²) >= 11 is 1.36. The molecular weight excluding hydrogens is 210 g/mol. The van der Waals surface area contributed by atoms with Gasteiger partial charge in [-0.1, -0.05) is 6.92 Å². The van der Waals surface area contributed by atoms with Crippen molar-refractivity contribution in [2.45, 2.75) is 32.9 Å². The maximum atomic E-state index is 10.7. The molecule has 4 heteroatoms. The third-order valence-electron chi connectivity index (χ3n) is 2.62. The second kappa shape index (κ2) is 5.28. The fourth-order valence-electron chi connectivity index (χ4n) is 1.29. The highest BCUT2D eigenvalue weighted by molar-refractivity contribution is 7.13. The lowest BCUT2D eigenvalue weighted by atomic mass is 10.2. The number of carboxylic acids is 1. The Morgan fingerprint density at radius 1 is 1.60 bits per heavy atom. The van der Waals surface area contributed by atoms with Gasteiger partial charge in [0.2, 0.25) is 0 Å². The highest BCUT2D eigenvalue weighted by Gasteiger charge is 2.11. The number of nitrogens with zero attached hydrogens (tertiary/aromatic N) is 1. The van der Waals surface area contributed by atoms with E-state index < -0.39 is 5.97 Å². The average Bonchev–Trinajstić information content (AvgIpc) is 2.65. The molecule has 0 spiro atoms. The Morgan fingerprint density at radius 2 is 2.27 bits per heavy atom. The lowest BCUT2D eigenvalue weighted by Gasteiger charge is -2.22. The van der Waals surface area contributed by atoms with E-state index in [4.69, 9.17) is 5.11 Å². The Bertz CT molecular complexity index is 335. The molecule has 1 unspecified atom stereocenters. The summed E-state index contributed by atoms with van der Waals surface area (Å²) in [5.74, 6) is -0.836. The predicted octanol–water partition coefficient (Wildman–Crippen LogP) is 2.68. The van der Waals surface area contributed by atoms with Crippen LogP contribution in [0.2, 0.25) is 0 Å². The van der Waals surface area contributed by atoms with Crippen LogP contribution in [0.15, 0.2) is 12.1 Å². The van der Waals surface area contributed by atoms with Crippen LogP contribution in [0, 0.1) is 0 Å². The molecule has 0 saturated carbocycles. The number of thiophene rings is 1. The third kappa shape index (κ3) is 3.32. The normalized spacial score (nSPS) is 13.1. The maximum absolute atomic E-state index is 10.7. The molecule has 0 radical (unpaired) electrons. The van der Waals surface area contributed by atoms with E-state index in [1.165, 1.54) is 11.3 Å². The summed E-state index contributed by atoms with van der Waals surface area (Å²) in [5.41, 5.74) is 0. The molecule has 1 heterocycles. The zero-order chi connectivity index (χ0) is 11.4. The van der Waals surface area contributed by atoms with Gasteiger partial charge in [0.05, 0.1) is 0 Å². The maximum Gasteiger partial charge on any atom is 0.345 e. The van der Waals surface area contributed by atoms with Gasteiger partial charge in [-0.25, -0.2) is 4.79 Å². The first-order chi connectivity index (χ1) is 7.04. The summed E-state index contributed by atoms with van der Waals surface area (Å²) in [6, 6.07) is 4.10. The SMILES string of the molecule is CCC(C)N(C)Cc1ccc(C(=O)O)s1. The molecule has 0 aliphatic heterocycles. The van der Waals surface area contributed by atoms with Crippen molar-refractivity contribution in [3.8, 4) is 0 Å².